The van der Waals surface area contributed by atoms with E-state index in [1.807, 2.05) is 18.7 Å². The van der Waals surface area contributed by atoms with Crippen LogP contribution in [0.15, 0.2) is 0 Å². The number of nitrogens with two attached hydrogens (primary N) is 1. The molecule has 5 nitrogen and oxygen atoms in total. The van der Waals surface area contributed by atoms with Crippen molar-refractivity contribution < 1.29 is 4.79 Å². The monoisotopic (exact) mass is 298 g/mol. The first-order valence-corrected chi connectivity index (χ1v) is 8.49. The first-order chi connectivity index (χ1) is 10.1. The van der Waals surface area contributed by atoms with Crippen LogP contribution in [0.4, 0.5) is 0 Å². The number of carbonyl (C=O) groups is 1. The topological polar surface area (TPSA) is 52.8 Å². The first-order valence-electron chi connectivity index (χ1n) is 8.49. The van der Waals surface area contributed by atoms with Gasteiger partial charge in [-0.15, -0.1) is 0 Å². The summed E-state index contributed by atoms with van der Waals surface area (Å²) in [6.07, 6.45) is 2.82. The lowest BCUT2D eigenvalue weighted by atomic mass is 10.1. The summed E-state index contributed by atoms with van der Waals surface area (Å²) in [6.45, 7) is 11.7. The van der Waals surface area contributed by atoms with E-state index in [-0.39, 0.29) is 11.9 Å². The summed E-state index contributed by atoms with van der Waals surface area (Å²) >= 11 is 0. The van der Waals surface area contributed by atoms with Crippen molar-refractivity contribution >= 4 is 5.91 Å². The van der Waals surface area contributed by atoms with E-state index in [1.54, 1.807) is 0 Å². The van der Waals surface area contributed by atoms with Gasteiger partial charge in [-0.3, -0.25) is 9.69 Å². The summed E-state index contributed by atoms with van der Waals surface area (Å²) in [4.78, 5) is 19.2. The molecule has 124 valence electrons. The molecule has 1 saturated heterocycles. The Labute approximate surface area is 130 Å². The molecule has 0 radical (unpaired) electrons. The van der Waals surface area contributed by atoms with Gasteiger partial charge in [0.1, 0.15) is 0 Å². The molecular formula is C16H34N4O. The van der Waals surface area contributed by atoms with Gasteiger partial charge in [-0.25, -0.2) is 0 Å². The van der Waals surface area contributed by atoms with Crippen molar-refractivity contribution in [3.63, 3.8) is 0 Å². The lowest BCUT2D eigenvalue weighted by molar-refractivity contribution is -0.132. The Kier molecular flexibility index (Phi) is 8.22. The number of hydrogen-bond acceptors (Lipinski definition) is 4. The molecule has 1 aliphatic rings. The van der Waals surface area contributed by atoms with E-state index in [9.17, 15) is 4.79 Å². The molecule has 0 bridgehead atoms. The van der Waals surface area contributed by atoms with Crippen molar-refractivity contribution in [2.45, 2.75) is 52.1 Å². The third-order valence-electron chi connectivity index (χ3n) is 4.69. The summed E-state index contributed by atoms with van der Waals surface area (Å²) in [6, 6.07) is 0.685. The molecule has 1 fully saturated rings. The van der Waals surface area contributed by atoms with E-state index in [2.05, 4.69) is 23.8 Å². The average Bonchev–Trinajstić information content (AvgIpc) is 2.67. The Bertz CT molecular complexity index is 307. The minimum atomic E-state index is 0.176. The summed E-state index contributed by atoms with van der Waals surface area (Å²) in [5, 5.41) is 0. The highest BCUT2D eigenvalue weighted by molar-refractivity contribution is 5.76. The molecule has 2 unspecified atom stereocenters. The molecule has 21 heavy (non-hydrogen) atoms. The molecule has 1 amide bonds. The third-order valence-corrected chi connectivity index (χ3v) is 4.69. The van der Waals surface area contributed by atoms with Gasteiger partial charge in [0.15, 0.2) is 0 Å². The zero-order valence-corrected chi connectivity index (χ0v) is 14.3. The normalized spacial score (nSPS) is 22.8. The van der Waals surface area contributed by atoms with Gasteiger partial charge < -0.3 is 15.5 Å². The molecule has 1 rings (SSSR count). The highest BCUT2D eigenvalue weighted by atomic mass is 16.2. The van der Waals surface area contributed by atoms with E-state index in [0.717, 1.165) is 45.6 Å². The maximum Gasteiger partial charge on any atom is 0.224 e. The molecule has 5 heteroatoms. The van der Waals surface area contributed by atoms with Crippen molar-refractivity contribution in [1.29, 1.82) is 0 Å². The summed E-state index contributed by atoms with van der Waals surface area (Å²) in [5.41, 5.74) is 6.01. The molecule has 0 spiro atoms. The fourth-order valence-electron chi connectivity index (χ4n) is 3.35. The molecule has 1 aliphatic heterocycles. The predicted octanol–water partition coefficient (Wildman–Crippen LogP) is 0.988. The molecule has 0 aliphatic carbocycles. The van der Waals surface area contributed by atoms with Crippen LogP contribution < -0.4 is 5.73 Å². The molecule has 2 atom stereocenters. The largest absolute Gasteiger partial charge is 0.343 e. The van der Waals surface area contributed by atoms with Crippen LogP contribution in [-0.4, -0.2) is 79.0 Å². The van der Waals surface area contributed by atoms with Crippen LogP contribution in [0.2, 0.25) is 0 Å². The number of hydrogen-bond donors (Lipinski definition) is 1. The molecule has 0 aromatic carbocycles. The number of nitrogens with zero attached hydrogens (tertiary/aromatic N) is 3. The molecule has 0 saturated carbocycles. The minimum Gasteiger partial charge on any atom is -0.343 e. The Morgan fingerprint density at radius 3 is 2.48 bits per heavy atom. The van der Waals surface area contributed by atoms with Crippen molar-refractivity contribution in [2.24, 2.45) is 5.73 Å². The second kappa shape index (κ2) is 9.38. The van der Waals surface area contributed by atoms with Crippen LogP contribution in [0, 0.1) is 0 Å². The fourth-order valence-corrected chi connectivity index (χ4v) is 3.35. The SMILES string of the molecule is CCC1CN(C)CCCN1C(CN)CC(=O)N(CC)CC. The molecule has 2 N–H and O–H groups in total. The van der Waals surface area contributed by atoms with E-state index >= 15 is 0 Å². The minimum absolute atomic E-state index is 0.176. The van der Waals surface area contributed by atoms with E-state index < -0.39 is 0 Å². The summed E-state index contributed by atoms with van der Waals surface area (Å²) < 4.78 is 0. The Balaban J connectivity index is 2.74. The Hall–Kier alpha value is -0.650. The van der Waals surface area contributed by atoms with Gasteiger partial charge in [-0.1, -0.05) is 6.92 Å². The van der Waals surface area contributed by atoms with Crippen LogP contribution >= 0.6 is 0 Å². The van der Waals surface area contributed by atoms with Gasteiger partial charge >= 0.3 is 0 Å². The maximum atomic E-state index is 12.4. The third kappa shape index (κ3) is 5.24. The zero-order chi connectivity index (χ0) is 15.8. The van der Waals surface area contributed by atoms with E-state index in [1.165, 1.54) is 0 Å². The van der Waals surface area contributed by atoms with Gasteiger partial charge in [-0.2, -0.15) is 0 Å². The average molecular weight is 298 g/mol. The van der Waals surface area contributed by atoms with Gasteiger partial charge in [0.25, 0.3) is 0 Å². The Morgan fingerprint density at radius 2 is 1.95 bits per heavy atom. The van der Waals surface area contributed by atoms with Crippen LogP contribution in [-0.2, 0) is 4.79 Å². The number of rotatable bonds is 7. The maximum absolute atomic E-state index is 12.4. The van der Waals surface area contributed by atoms with Gasteiger partial charge in [-0.05, 0) is 40.3 Å². The van der Waals surface area contributed by atoms with E-state index in [0.29, 0.717) is 19.0 Å². The van der Waals surface area contributed by atoms with Gasteiger partial charge in [0, 0.05) is 51.2 Å². The smallest absolute Gasteiger partial charge is 0.224 e. The molecular weight excluding hydrogens is 264 g/mol. The molecule has 0 aromatic heterocycles. The van der Waals surface area contributed by atoms with Crippen LogP contribution in [0.5, 0.6) is 0 Å². The lowest BCUT2D eigenvalue weighted by Gasteiger charge is -2.37. The predicted molar refractivity (Wildman–Crippen MR) is 88.3 cm³/mol. The lowest BCUT2D eigenvalue weighted by Crippen LogP contribution is -2.51. The second-order valence-electron chi connectivity index (χ2n) is 6.08. The van der Waals surface area contributed by atoms with Crippen LogP contribution in [0.3, 0.4) is 0 Å². The van der Waals surface area contributed by atoms with Crippen molar-refractivity contribution in [3.8, 4) is 0 Å². The Morgan fingerprint density at radius 1 is 1.29 bits per heavy atom. The van der Waals surface area contributed by atoms with Crippen molar-refractivity contribution in [3.05, 3.63) is 0 Å². The highest BCUT2D eigenvalue weighted by Gasteiger charge is 2.29. The number of likely N-dealkylation sites (N-methyl/N-ethyl adjacent to an activating group) is 1. The summed E-state index contributed by atoms with van der Waals surface area (Å²) in [5.74, 6) is 0.239. The zero-order valence-electron chi connectivity index (χ0n) is 14.3. The standard InChI is InChI=1S/C16H34N4O/c1-5-14-13-18(4)9-8-10-20(14)15(12-17)11-16(21)19(6-2)7-3/h14-15H,5-13,17H2,1-4H3. The number of amides is 1. The van der Waals surface area contributed by atoms with Gasteiger partial charge in [0.2, 0.25) is 5.91 Å². The highest BCUT2D eigenvalue weighted by Crippen LogP contribution is 2.17. The first kappa shape index (κ1) is 18.4. The fraction of sp³-hybridized carbons (Fsp3) is 0.938. The van der Waals surface area contributed by atoms with Crippen molar-refractivity contribution in [1.82, 2.24) is 14.7 Å². The van der Waals surface area contributed by atoms with E-state index in [4.69, 9.17) is 5.73 Å². The summed E-state index contributed by atoms with van der Waals surface area (Å²) in [7, 11) is 2.19. The van der Waals surface area contributed by atoms with Gasteiger partial charge in [0.05, 0.1) is 0 Å². The molecule has 1 heterocycles. The second-order valence-corrected chi connectivity index (χ2v) is 6.08. The van der Waals surface area contributed by atoms with Crippen LogP contribution in [0.25, 0.3) is 0 Å². The van der Waals surface area contributed by atoms with Crippen molar-refractivity contribution in [2.75, 3.05) is 46.3 Å². The van der Waals surface area contributed by atoms with Crippen LogP contribution in [0.1, 0.15) is 40.0 Å². The molecule has 0 aromatic rings. The quantitative estimate of drug-likeness (QED) is 0.761. The number of carbonyl (C=O) groups excluding carboxylic acids is 1.